The van der Waals surface area contributed by atoms with Crippen molar-refractivity contribution in [3.8, 4) is 5.75 Å². The summed E-state index contributed by atoms with van der Waals surface area (Å²) in [7, 11) is 0. The number of halogens is 1. The molecule has 0 aliphatic carbocycles. The molecule has 20 heavy (non-hydrogen) atoms. The number of benzene rings is 1. The van der Waals surface area contributed by atoms with Crippen molar-refractivity contribution >= 4 is 28.3 Å². The number of nitrogens with zero attached hydrogens (tertiary/aromatic N) is 2. The van der Waals surface area contributed by atoms with Crippen LogP contribution in [0, 0.1) is 27.5 Å². The van der Waals surface area contributed by atoms with Crippen LogP contribution in [0.1, 0.15) is 16.8 Å². The quantitative estimate of drug-likeness (QED) is 0.457. The number of aromatic nitrogens is 1. The van der Waals surface area contributed by atoms with Crippen molar-refractivity contribution in [3.63, 3.8) is 0 Å². The van der Waals surface area contributed by atoms with E-state index in [2.05, 4.69) is 27.6 Å². The Morgan fingerprint density at radius 3 is 2.80 bits per heavy atom. The van der Waals surface area contributed by atoms with Gasteiger partial charge in [0.2, 0.25) is 0 Å². The highest BCUT2D eigenvalue weighted by Gasteiger charge is 2.18. The molecular weight excluding hydrogens is 371 g/mol. The molecule has 0 spiro atoms. The number of nitro groups is 1. The fourth-order valence-corrected chi connectivity index (χ4v) is 2.41. The summed E-state index contributed by atoms with van der Waals surface area (Å²) in [6.07, 6.45) is 1.51. The Morgan fingerprint density at radius 1 is 1.40 bits per heavy atom. The van der Waals surface area contributed by atoms with Crippen LogP contribution in [0.3, 0.4) is 0 Å². The van der Waals surface area contributed by atoms with E-state index in [1.54, 1.807) is 13.8 Å². The van der Waals surface area contributed by atoms with Gasteiger partial charge < -0.3 is 4.74 Å². The van der Waals surface area contributed by atoms with Crippen LogP contribution in [-0.4, -0.2) is 9.91 Å². The molecule has 6 heteroatoms. The number of hydrogen-bond donors (Lipinski definition) is 0. The van der Waals surface area contributed by atoms with E-state index in [4.69, 9.17) is 4.74 Å². The molecule has 0 amide bonds. The van der Waals surface area contributed by atoms with Crippen LogP contribution >= 0.6 is 22.6 Å². The number of rotatable bonds is 4. The van der Waals surface area contributed by atoms with Crippen molar-refractivity contribution in [2.75, 3.05) is 0 Å². The molecule has 0 saturated carbocycles. The van der Waals surface area contributed by atoms with Crippen LogP contribution in [0.25, 0.3) is 0 Å². The Morgan fingerprint density at radius 2 is 2.15 bits per heavy atom. The van der Waals surface area contributed by atoms with Gasteiger partial charge in [0, 0.05) is 15.3 Å². The second-order valence-electron chi connectivity index (χ2n) is 4.36. The van der Waals surface area contributed by atoms with Crippen LogP contribution in [0.15, 0.2) is 30.5 Å². The molecule has 5 nitrogen and oxygen atoms in total. The highest BCUT2D eigenvalue weighted by Crippen LogP contribution is 2.25. The zero-order valence-corrected chi connectivity index (χ0v) is 13.2. The zero-order valence-electron chi connectivity index (χ0n) is 11.1. The van der Waals surface area contributed by atoms with Gasteiger partial charge in [-0.2, -0.15) is 0 Å². The summed E-state index contributed by atoms with van der Waals surface area (Å²) in [5, 5.41) is 11.0. The van der Waals surface area contributed by atoms with Crippen molar-refractivity contribution in [1.82, 2.24) is 4.98 Å². The van der Waals surface area contributed by atoms with Crippen LogP contribution in [0.4, 0.5) is 5.69 Å². The zero-order chi connectivity index (χ0) is 14.7. The third kappa shape index (κ3) is 3.24. The monoisotopic (exact) mass is 384 g/mol. The minimum atomic E-state index is -0.374. The van der Waals surface area contributed by atoms with Gasteiger partial charge in [-0.25, -0.2) is 0 Å². The van der Waals surface area contributed by atoms with E-state index in [1.807, 2.05) is 24.3 Å². The SMILES string of the molecule is Cc1cnc(COc2cccc(I)c2)c(C)c1[N+](=O)[O-]. The first-order chi connectivity index (χ1) is 9.49. The van der Waals surface area contributed by atoms with E-state index < -0.39 is 0 Å². The lowest BCUT2D eigenvalue weighted by atomic mass is 10.1. The highest BCUT2D eigenvalue weighted by atomic mass is 127. The fourth-order valence-electron chi connectivity index (χ4n) is 1.90. The maximum Gasteiger partial charge on any atom is 0.278 e. The smallest absolute Gasteiger partial charge is 0.278 e. The van der Waals surface area contributed by atoms with Gasteiger partial charge in [-0.3, -0.25) is 15.1 Å². The van der Waals surface area contributed by atoms with Crippen molar-refractivity contribution < 1.29 is 9.66 Å². The topological polar surface area (TPSA) is 65.3 Å². The van der Waals surface area contributed by atoms with Crippen molar-refractivity contribution in [1.29, 1.82) is 0 Å². The van der Waals surface area contributed by atoms with Crippen molar-refractivity contribution in [2.24, 2.45) is 0 Å². The first-order valence-corrected chi connectivity index (χ1v) is 7.04. The Hall–Kier alpha value is -1.70. The van der Waals surface area contributed by atoms with Crippen molar-refractivity contribution in [2.45, 2.75) is 20.5 Å². The molecular formula is C14H13IN2O3. The Kier molecular flexibility index (Phi) is 4.53. The maximum absolute atomic E-state index is 11.0. The minimum Gasteiger partial charge on any atom is -0.487 e. The van der Waals surface area contributed by atoms with Crippen LogP contribution in [-0.2, 0) is 6.61 Å². The summed E-state index contributed by atoms with van der Waals surface area (Å²) in [6.45, 7) is 3.60. The Balaban J connectivity index is 2.22. The summed E-state index contributed by atoms with van der Waals surface area (Å²) in [4.78, 5) is 14.9. The molecule has 1 heterocycles. The summed E-state index contributed by atoms with van der Waals surface area (Å²) >= 11 is 2.20. The lowest BCUT2D eigenvalue weighted by Gasteiger charge is -2.09. The molecule has 0 unspecified atom stereocenters. The predicted octanol–water partition coefficient (Wildman–Crippen LogP) is 3.79. The van der Waals surface area contributed by atoms with E-state index in [0.29, 0.717) is 16.8 Å². The molecule has 0 radical (unpaired) electrons. The summed E-state index contributed by atoms with van der Waals surface area (Å²) in [6, 6.07) is 7.61. The molecule has 0 atom stereocenters. The number of pyridine rings is 1. The summed E-state index contributed by atoms with van der Waals surface area (Å²) in [5.74, 6) is 0.723. The third-order valence-electron chi connectivity index (χ3n) is 2.93. The Labute approximate surface area is 130 Å². The number of hydrogen-bond acceptors (Lipinski definition) is 4. The molecule has 0 fully saturated rings. The molecule has 0 bridgehead atoms. The van der Waals surface area contributed by atoms with E-state index >= 15 is 0 Å². The largest absolute Gasteiger partial charge is 0.487 e. The van der Waals surface area contributed by atoms with E-state index in [0.717, 1.165) is 9.32 Å². The van der Waals surface area contributed by atoms with Crippen LogP contribution in [0.5, 0.6) is 5.75 Å². The van der Waals surface area contributed by atoms with Gasteiger partial charge in [0.15, 0.2) is 0 Å². The highest BCUT2D eigenvalue weighted by molar-refractivity contribution is 14.1. The second-order valence-corrected chi connectivity index (χ2v) is 5.61. The molecule has 0 aliphatic rings. The predicted molar refractivity (Wildman–Crippen MR) is 83.9 cm³/mol. The van der Waals surface area contributed by atoms with Crippen LogP contribution in [0.2, 0.25) is 0 Å². The van der Waals surface area contributed by atoms with Gasteiger partial charge in [-0.05, 0) is 54.6 Å². The van der Waals surface area contributed by atoms with Crippen molar-refractivity contribution in [3.05, 3.63) is 61.0 Å². The number of ether oxygens (including phenoxy) is 1. The first-order valence-electron chi connectivity index (χ1n) is 5.97. The Bertz CT molecular complexity index is 659. The van der Waals surface area contributed by atoms with Gasteiger partial charge >= 0.3 is 0 Å². The molecule has 2 rings (SSSR count). The average molecular weight is 384 g/mol. The number of aryl methyl sites for hydroxylation is 1. The summed E-state index contributed by atoms with van der Waals surface area (Å²) < 4.78 is 6.71. The molecule has 0 aliphatic heterocycles. The standard InChI is InChI=1S/C14H13IN2O3/c1-9-7-16-13(10(2)14(9)17(18)19)8-20-12-5-3-4-11(15)6-12/h3-7H,8H2,1-2H3. The van der Waals surface area contributed by atoms with E-state index in [-0.39, 0.29) is 17.2 Å². The molecule has 2 aromatic rings. The van der Waals surface area contributed by atoms with E-state index in [9.17, 15) is 10.1 Å². The molecule has 0 N–H and O–H groups in total. The molecule has 1 aromatic carbocycles. The lowest BCUT2D eigenvalue weighted by Crippen LogP contribution is -2.05. The van der Waals surface area contributed by atoms with Gasteiger partial charge in [0.05, 0.1) is 16.2 Å². The second kappa shape index (κ2) is 6.17. The average Bonchev–Trinajstić information content (AvgIpc) is 2.37. The third-order valence-corrected chi connectivity index (χ3v) is 3.60. The van der Waals surface area contributed by atoms with Crippen LogP contribution < -0.4 is 4.74 Å². The van der Waals surface area contributed by atoms with Gasteiger partial charge in [0.1, 0.15) is 12.4 Å². The molecule has 0 saturated heterocycles. The first kappa shape index (κ1) is 14.7. The minimum absolute atomic E-state index is 0.112. The van der Waals surface area contributed by atoms with Gasteiger partial charge in [-0.15, -0.1) is 0 Å². The van der Waals surface area contributed by atoms with Gasteiger partial charge in [0.25, 0.3) is 5.69 Å². The summed E-state index contributed by atoms with van der Waals surface area (Å²) in [5.41, 5.74) is 1.81. The van der Waals surface area contributed by atoms with Gasteiger partial charge in [-0.1, -0.05) is 6.07 Å². The molecule has 104 valence electrons. The normalized spacial score (nSPS) is 10.3. The van der Waals surface area contributed by atoms with E-state index in [1.165, 1.54) is 6.20 Å². The maximum atomic E-state index is 11.0. The fraction of sp³-hybridized carbons (Fsp3) is 0.214. The molecule has 1 aromatic heterocycles. The lowest BCUT2D eigenvalue weighted by molar-refractivity contribution is -0.386.